The van der Waals surface area contributed by atoms with Crippen LogP contribution in [0.2, 0.25) is 0 Å². The van der Waals surface area contributed by atoms with Crippen LogP contribution in [0, 0.1) is 0 Å². The standard InChI is InChI=1S/C36H31N3/c1-7-12-27(11-5)30-17-23-33(24-18-30)36-38-34(31-19-13-28(14-20-31)25(6)8-2)37-35(39-36)32-21-15-29(16-22-32)26(9-3)10-4/h7-24H,1-3,5-6H2,4H3/b26-10+,27-12+. The van der Waals surface area contributed by atoms with E-state index in [0.29, 0.717) is 17.5 Å². The van der Waals surface area contributed by atoms with Gasteiger partial charge in [-0.3, -0.25) is 0 Å². The summed E-state index contributed by atoms with van der Waals surface area (Å²) in [7, 11) is 0. The maximum atomic E-state index is 4.87. The van der Waals surface area contributed by atoms with Gasteiger partial charge in [0, 0.05) is 16.7 Å². The molecule has 0 spiro atoms. The molecule has 0 aliphatic carbocycles. The summed E-state index contributed by atoms with van der Waals surface area (Å²) in [5, 5.41) is 0. The minimum Gasteiger partial charge on any atom is -0.208 e. The Morgan fingerprint density at radius 2 is 0.923 bits per heavy atom. The Morgan fingerprint density at radius 3 is 1.26 bits per heavy atom. The van der Waals surface area contributed by atoms with E-state index >= 15 is 0 Å². The average molecular weight is 506 g/mol. The molecule has 4 rings (SSSR count). The lowest BCUT2D eigenvalue weighted by atomic mass is 10.0. The van der Waals surface area contributed by atoms with E-state index in [2.05, 4.69) is 45.0 Å². The van der Waals surface area contributed by atoms with Crippen LogP contribution in [0.4, 0.5) is 0 Å². The molecule has 0 radical (unpaired) electrons. The number of hydrogen-bond acceptors (Lipinski definition) is 3. The third kappa shape index (κ3) is 6.06. The van der Waals surface area contributed by atoms with Crippen molar-refractivity contribution in [2.75, 3.05) is 0 Å². The van der Waals surface area contributed by atoms with Gasteiger partial charge in [-0.05, 0) is 40.3 Å². The summed E-state index contributed by atoms with van der Waals surface area (Å²) in [5.41, 5.74) is 8.74. The maximum absolute atomic E-state index is 4.87. The lowest BCUT2D eigenvalue weighted by molar-refractivity contribution is 1.07. The Kier molecular flexibility index (Phi) is 8.55. The number of hydrogen-bond donors (Lipinski definition) is 0. The maximum Gasteiger partial charge on any atom is 0.164 e. The highest BCUT2D eigenvalue weighted by Crippen LogP contribution is 2.28. The van der Waals surface area contributed by atoms with Crippen LogP contribution in [0.25, 0.3) is 50.9 Å². The molecule has 39 heavy (non-hydrogen) atoms. The predicted molar refractivity (Wildman–Crippen MR) is 168 cm³/mol. The molecule has 3 aromatic carbocycles. The molecule has 0 atom stereocenters. The van der Waals surface area contributed by atoms with Gasteiger partial charge in [0.15, 0.2) is 17.5 Å². The smallest absolute Gasteiger partial charge is 0.164 e. The number of aromatic nitrogens is 3. The fraction of sp³-hybridized carbons (Fsp3) is 0.0278. The summed E-state index contributed by atoms with van der Waals surface area (Å²) in [4.78, 5) is 14.6. The Morgan fingerprint density at radius 1 is 0.538 bits per heavy atom. The van der Waals surface area contributed by atoms with Gasteiger partial charge in [0.1, 0.15) is 0 Å². The largest absolute Gasteiger partial charge is 0.208 e. The SMILES string of the molecule is C=C/C=C(\C=C)c1ccc(-c2nc(-c3ccc(C(=C)C=C)cc3)nc(-c3ccc(/C(C=C)=C/C)cc3)n2)cc1. The number of benzene rings is 3. The van der Waals surface area contributed by atoms with Crippen molar-refractivity contribution in [3.8, 4) is 34.2 Å². The van der Waals surface area contributed by atoms with Crippen LogP contribution in [0.15, 0.2) is 142 Å². The van der Waals surface area contributed by atoms with Crippen LogP contribution in [0.1, 0.15) is 23.6 Å². The van der Waals surface area contributed by atoms with Crippen molar-refractivity contribution < 1.29 is 0 Å². The quantitative estimate of drug-likeness (QED) is 0.201. The van der Waals surface area contributed by atoms with E-state index in [0.717, 1.165) is 50.1 Å². The Hall–Kier alpha value is -5.15. The Labute approximate surface area is 231 Å². The highest BCUT2D eigenvalue weighted by molar-refractivity contribution is 5.78. The molecule has 190 valence electrons. The highest BCUT2D eigenvalue weighted by atomic mass is 15.0. The van der Waals surface area contributed by atoms with Gasteiger partial charge in [-0.2, -0.15) is 0 Å². The van der Waals surface area contributed by atoms with Gasteiger partial charge >= 0.3 is 0 Å². The van der Waals surface area contributed by atoms with Crippen molar-refractivity contribution in [1.29, 1.82) is 0 Å². The van der Waals surface area contributed by atoms with E-state index < -0.39 is 0 Å². The van der Waals surface area contributed by atoms with Crippen molar-refractivity contribution in [2.45, 2.75) is 6.92 Å². The Bertz CT molecular complexity index is 1600. The highest BCUT2D eigenvalue weighted by Gasteiger charge is 2.13. The molecule has 0 N–H and O–H groups in total. The molecule has 4 aromatic rings. The van der Waals surface area contributed by atoms with E-state index in [1.54, 1.807) is 12.2 Å². The number of nitrogens with zero attached hydrogens (tertiary/aromatic N) is 3. The molecule has 3 nitrogen and oxygen atoms in total. The van der Waals surface area contributed by atoms with E-state index in [1.165, 1.54) is 0 Å². The van der Waals surface area contributed by atoms with E-state index in [9.17, 15) is 0 Å². The second-order valence-corrected chi connectivity index (χ2v) is 8.78. The van der Waals surface area contributed by atoms with Crippen molar-refractivity contribution in [1.82, 2.24) is 15.0 Å². The van der Waals surface area contributed by atoms with Crippen molar-refractivity contribution >= 4 is 16.7 Å². The summed E-state index contributed by atoms with van der Waals surface area (Å²) in [6.45, 7) is 21.5. The summed E-state index contributed by atoms with van der Waals surface area (Å²) in [6, 6.07) is 24.3. The van der Waals surface area contributed by atoms with Crippen LogP contribution in [-0.4, -0.2) is 15.0 Å². The van der Waals surface area contributed by atoms with Gasteiger partial charge < -0.3 is 0 Å². The molecule has 0 amide bonds. The average Bonchev–Trinajstić information content (AvgIpc) is 3.00. The van der Waals surface area contributed by atoms with Gasteiger partial charge in [0.2, 0.25) is 0 Å². The molecule has 3 heteroatoms. The van der Waals surface area contributed by atoms with Crippen molar-refractivity contribution in [3.05, 3.63) is 159 Å². The number of allylic oxidation sites excluding steroid dienone is 9. The van der Waals surface area contributed by atoms with Gasteiger partial charge in [-0.1, -0.05) is 142 Å². The lowest BCUT2D eigenvalue weighted by Gasteiger charge is -2.10. The van der Waals surface area contributed by atoms with Gasteiger partial charge in [0.05, 0.1) is 0 Å². The van der Waals surface area contributed by atoms with Crippen LogP contribution in [0.3, 0.4) is 0 Å². The van der Waals surface area contributed by atoms with Crippen molar-refractivity contribution in [2.24, 2.45) is 0 Å². The molecule has 0 saturated carbocycles. The molecule has 0 saturated heterocycles. The van der Waals surface area contributed by atoms with Crippen LogP contribution >= 0.6 is 0 Å². The monoisotopic (exact) mass is 505 g/mol. The molecular formula is C36H31N3. The third-order valence-corrected chi connectivity index (χ3v) is 6.40. The first-order chi connectivity index (χ1) is 19.0. The first-order valence-corrected chi connectivity index (χ1v) is 12.6. The Balaban J connectivity index is 1.82. The molecule has 0 fully saturated rings. The summed E-state index contributed by atoms with van der Waals surface area (Å²) < 4.78 is 0. The first-order valence-electron chi connectivity index (χ1n) is 12.6. The zero-order valence-corrected chi connectivity index (χ0v) is 22.3. The molecule has 1 heterocycles. The van der Waals surface area contributed by atoms with Gasteiger partial charge in [-0.25, -0.2) is 15.0 Å². The molecule has 0 aliphatic heterocycles. The minimum atomic E-state index is 0.595. The minimum absolute atomic E-state index is 0.595. The van der Waals surface area contributed by atoms with Crippen LogP contribution in [0.5, 0.6) is 0 Å². The topological polar surface area (TPSA) is 38.7 Å². The molecule has 1 aromatic heterocycles. The van der Waals surface area contributed by atoms with E-state index in [-0.39, 0.29) is 0 Å². The van der Waals surface area contributed by atoms with E-state index in [4.69, 9.17) is 15.0 Å². The summed E-state index contributed by atoms with van der Waals surface area (Å²) in [5.74, 6) is 1.79. The van der Waals surface area contributed by atoms with Gasteiger partial charge in [-0.15, -0.1) is 0 Å². The van der Waals surface area contributed by atoms with Crippen molar-refractivity contribution in [3.63, 3.8) is 0 Å². The number of rotatable bonds is 10. The predicted octanol–water partition coefficient (Wildman–Crippen LogP) is 9.42. The van der Waals surface area contributed by atoms with E-state index in [1.807, 2.05) is 91.9 Å². The second-order valence-electron chi connectivity index (χ2n) is 8.78. The second kappa shape index (κ2) is 12.4. The van der Waals surface area contributed by atoms with Crippen LogP contribution < -0.4 is 0 Å². The summed E-state index contributed by atoms with van der Waals surface area (Å²) >= 11 is 0. The first kappa shape index (κ1) is 26.9. The zero-order chi connectivity index (χ0) is 27.8. The fourth-order valence-electron chi connectivity index (χ4n) is 4.15. The van der Waals surface area contributed by atoms with Crippen LogP contribution in [-0.2, 0) is 0 Å². The molecular weight excluding hydrogens is 474 g/mol. The van der Waals surface area contributed by atoms with Gasteiger partial charge in [0.25, 0.3) is 0 Å². The lowest BCUT2D eigenvalue weighted by Crippen LogP contribution is -2.00. The molecule has 0 bridgehead atoms. The summed E-state index contributed by atoms with van der Waals surface area (Å²) in [6.07, 6.45) is 11.1. The third-order valence-electron chi connectivity index (χ3n) is 6.40. The molecule has 0 aliphatic rings. The molecule has 0 unspecified atom stereocenters. The normalized spacial score (nSPS) is 11.5. The fourth-order valence-corrected chi connectivity index (χ4v) is 4.15. The zero-order valence-electron chi connectivity index (χ0n) is 22.3.